The number of hydrogen-bond acceptors (Lipinski definition) is 4. The Morgan fingerprint density at radius 3 is 2.56 bits per heavy atom. The molecule has 1 heterocycles. The molecular formula is C14H22N2O2. The molecule has 3 N–H and O–H groups in total. The molecule has 4 heteroatoms. The van der Waals surface area contributed by atoms with Gasteiger partial charge in [-0.25, -0.2) is 0 Å². The second kappa shape index (κ2) is 6.07. The van der Waals surface area contributed by atoms with E-state index in [-0.39, 0.29) is 6.04 Å². The molecule has 1 aromatic rings. The van der Waals surface area contributed by atoms with Gasteiger partial charge in [0.15, 0.2) is 0 Å². The van der Waals surface area contributed by atoms with E-state index in [9.17, 15) is 0 Å². The van der Waals surface area contributed by atoms with Gasteiger partial charge in [-0.05, 0) is 50.0 Å². The SMILES string of the molecule is COc1ccc(OC)c(C(N)C2CCNCC2)c1. The van der Waals surface area contributed by atoms with Crippen LogP contribution in [0.25, 0.3) is 0 Å². The minimum atomic E-state index is 0.0112. The summed E-state index contributed by atoms with van der Waals surface area (Å²) in [6.45, 7) is 2.09. The lowest BCUT2D eigenvalue weighted by molar-refractivity contribution is 0.312. The van der Waals surface area contributed by atoms with Crippen molar-refractivity contribution in [2.75, 3.05) is 27.3 Å². The first-order chi connectivity index (χ1) is 8.76. The van der Waals surface area contributed by atoms with Crippen LogP contribution in [-0.4, -0.2) is 27.3 Å². The van der Waals surface area contributed by atoms with Gasteiger partial charge in [-0.1, -0.05) is 0 Å². The van der Waals surface area contributed by atoms with Gasteiger partial charge in [0, 0.05) is 11.6 Å². The zero-order valence-electron chi connectivity index (χ0n) is 11.1. The van der Waals surface area contributed by atoms with Crippen LogP contribution in [0.2, 0.25) is 0 Å². The highest BCUT2D eigenvalue weighted by Gasteiger charge is 2.24. The Labute approximate surface area is 108 Å². The number of ether oxygens (including phenoxy) is 2. The van der Waals surface area contributed by atoms with E-state index < -0.39 is 0 Å². The predicted molar refractivity (Wildman–Crippen MR) is 72.1 cm³/mol. The molecule has 0 spiro atoms. The zero-order valence-corrected chi connectivity index (χ0v) is 11.1. The Balaban J connectivity index is 2.23. The lowest BCUT2D eigenvalue weighted by Crippen LogP contribution is -2.33. The van der Waals surface area contributed by atoms with Crippen molar-refractivity contribution in [3.63, 3.8) is 0 Å². The molecule has 1 aromatic carbocycles. The Morgan fingerprint density at radius 1 is 1.22 bits per heavy atom. The van der Waals surface area contributed by atoms with Crippen molar-refractivity contribution < 1.29 is 9.47 Å². The topological polar surface area (TPSA) is 56.5 Å². The largest absolute Gasteiger partial charge is 0.497 e. The summed E-state index contributed by atoms with van der Waals surface area (Å²) >= 11 is 0. The average Bonchev–Trinajstić information content (AvgIpc) is 2.46. The van der Waals surface area contributed by atoms with Crippen molar-refractivity contribution in [1.82, 2.24) is 5.32 Å². The number of methoxy groups -OCH3 is 2. The highest BCUT2D eigenvalue weighted by molar-refractivity contribution is 5.42. The fourth-order valence-electron chi connectivity index (χ4n) is 2.56. The van der Waals surface area contributed by atoms with Gasteiger partial charge < -0.3 is 20.5 Å². The lowest BCUT2D eigenvalue weighted by Gasteiger charge is -2.29. The summed E-state index contributed by atoms with van der Waals surface area (Å²) in [4.78, 5) is 0. The van der Waals surface area contributed by atoms with Gasteiger partial charge >= 0.3 is 0 Å². The van der Waals surface area contributed by atoms with Crippen LogP contribution in [0, 0.1) is 5.92 Å². The van der Waals surface area contributed by atoms with E-state index in [1.165, 1.54) is 0 Å². The average molecular weight is 250 g/mol. The minimum Gasteiger partial charge on any atom is -0.497 e. The fraction of sp³-hybridized carbons (Fsp3) is 0.571. The molecule has 1 fully saturated rings. The van der Waals surface area contributed by atoms with Crippen LogP contribution in [0.3, 0.4) is 0 Å². The van der Waals surface area contributed by atoms with E-state index in [0.29, 0.717) is 5.92 Å². The first-order valence-corrected chi connectivity index (χ1v) is 6.44. The van der Waals surface area contributed by atoms with Gasteiger partial charge in [-0.15, -0.1) is 0 Å². The fourth-order valence-corrected chi connectivity index (χ4v) is 2.56. The van der Waals surface area contributed by atoms with E-state index in [1.54, 1.807) is 14.2 Å². The van der Waals surface area contributed by atoms with Gasteiger partial charge in [-0.3, -0.25) is 0 Å². The second-order valence-corrected chi connectivity index (χ2v) is 4.72. The molecule has 0 amide bonds. The highest BCUT2D eigenvalue weighted by atomic mass is 16.5. The zero-order chi connectivity index (χ0) is 13.0. The van der Waals surface area contributed by atoms with E-state index in [2.05, 4.69) is 5.32 Å². The Hall–Kier alpha value is -1.26. The van der Waals surface area contributed by atoms with Crippen LogP contribution in [0.15, 0.2) is 18.2 Å². The van der Waals surface area contributed by atoms with Crippen LogP contribution in [0.1, 0.15) is 24.4 Å². The Morgan fingerprint density at radius 2 is 1.94 bits per heavy atom. The molecule has 0 bridgehead atoms. The molecule has 1 saturated heterocycles. The quantitative estimate of drug-likeness (QED) is 0.854. The van der Waals surface area contributed by atoms with Crippen molar-refractivity contribution in [1.29, 1.82) is 0 Å². The predicted octanol–water partition coefficient (Wildman–Crippen LogP) is 1.70. The maximum atomic E-state index is 6.41. The van der Waals surface area contributed by atoms with Crippen LogP contribution in [-0.2, 0) is 0 Å². The molecule has 0 saturated carbocycles. The highest BCUT2D eigenvalue weighted by Crippen LogP contribution is 2.34. The number of nitrogens with one attached hydrogen (secondary N) is 1. The van der Waals surface area contributed by atoms with Crippen molar-refractivity contribution in [3.8, 4) is 11.5 Å². The van der Waals surface area contributed by atoms with Crippen LogP contribution in [0.4, 0.5) is 0 Å². The van der Waals surface area contributed by atoms with E-state index in [0.717, 1.165) is 43.0 Å². The molecule has 0 radical (unpaired) electrons. The third-order valence-electron chi connectivity index (χ3n) is 3.69. The first-order valence-electron chi connectivity index (χ1n) is 6.44. The summed E-state index contributed by atoms with van der Waals surface area (Å²) < 4.78 is 10.7. The summed E-state index contributed by atoms with van der Waals surface area (Å²) in [5, 5.41) is 3.36. The monoisotopic (exact) mass is 250 g/mol. The number of benzene rings is 1. The summed E-state index contributed by atoms with van der Waals surface area (Å²) in [5.41, 5.74) is 7.45. The Bertz CT molecular complexity index is 389. The second-order valence-electron chi connectivity index (χ2n) is 4.72. The van der Waals surface area contributed by atoms with Gasteiger partial charge in [0.2, 0.25) is 0 Å². The molecule has 0 aromatic heterocycles. The number of hydrogen-bond donors (Lipinski definition) is 2. The smallest absolute Gasteiger partial charge is 0.123 e. The molecule has 100 valence electrons. The van der Waals surface area contributed by atoms with E-state index in [4.69, 9.17) is 15.2 Å². The molecule has 4 nitrogen and oxygen atoms in total. The minimum absolute atomic E-state index is 0.0112. The molecule has 0 aliphatic carbocycles. The number of piperidine rings is 1. The van der Waals surface area contributed by atoms with Crippen LogP contribution in [0.5, 0.6) is 11.5 Å². The molecule has 1 aliphatic heterocycles. The van der Waals surface area contributed by atoms with Gasteiger partial charge in [0.25, 0.3) is 0 Å². The maximum Gasteiger partial charge on any atom is 0.123 e. The molecule has 18 heavy (non-hydrogen) atoms. The van der Waals surface area contributed by atoms with Crippen molar-refractivity contribution in [2.45, 2.75) is 18.9 Å². The third kappa shape index (κ3) is 2.76. The number of rotatable bonds is 4. The first kappa shape index (κ1) is 13.2. The van der Waals surface area contributed by atoms with Crippen molar-refractivity contribution >= 4 is 0 Å². The van der Waals surface area contributed by atoms with Gasteiger partial charge in [0.1, 0.15) is 11.5 Å². The summed E-state index contributed by atoms with van der Waals surface area (Å²) in [6, 6.07) is 5.83. The Kier molecular flexibility index (Phi) is 4.44. The molecule has 2 rings (SSSR count). The van der Waals surface area contributed by atoms with Crippen molar-refractivity contribution in [2.24, 2.45) is 11.7 Å². The van der Waals surface area contributed by atoms with Gasteiger partial charge in [-0.2, -0.15) is 0 Å². The molecular weight excluding hydrogens is 228 g/mol. The lowest BCUT2D eigenvalue weighted by atomic mass is 9.86. The molecule has 1 unspecified atom stereocenters. The third-order valence-corrected chi connectivity index (χ3v) is 3.69. The summed E-state index contributed by atoms with van der Waals surface area (Å²) in [6.07, 6.45) is 2.23. The standard InChI is InChI=1S/C14H22N2O2/c1-17-11-3-4-13(18-2)12(9-11)14(15)10-5-7-16-8-6-10/h3-4,9-10,14,16H,5-8,15H2,1-2H3. The summed E-state index contributed by atoms with van der Waals surface area (Å²) in [5.74, 6) is 2.18. The van der Waals surface area contributed by atoms with Crippen molar-refractivity contribution in [3.05, 3.63) is 23.8 Å². The number of nitrogens with two attached hydrogens (primary N) is 1. The van der Waals surface area contributed by atoms with Crippen LogP contribution < -0.4 is 20.5 Å². The molecule has 1 atom stereocenters. The van der Waals surface area contributed by atoms with Crippen LogP contribution >= 0.6 is 0 Å². The van der Waals surface area contributed by atoms with E-state index in [1.807, 2.05) is 18.2 Å². The normalized spacial score (nSPS) is 18.4. The maximum absolute atomic E-state index is 6.41. The summed E-state index contributed by atoms with van der Waals surface area (Å²) in [7, 11) is 3.35. The van der Waals surface area contributed by atoms with E-state index >= 15 is 0 Å². The molecule has 1 aliphatic rings. The van der Waals surface area contributed by atoms with Gasteiger partial charge in [0.05, 0.1) is 14.2 Å².